The maximum absolute atomic E-state index is 10.2. The third kappa shape index (κ3) is 2.82. The fraction of sp³-hybridized carbons (Fsp3) is 0.333. The summed E-state index contributed by atoms with van der Waals surface area (Å²) in [6.07, 6.45) is -0.798. The number of hydrogen-bond acceptors (Lipinski definition) is 4. The number of halogens is 1. The lowest BCUT2D eigenvalue weighted by Crippen LogP contribution is -2.24. The molecule has 5 heteroatoms. The monoisotopic (exact) mass is 297 g/mol. The normalized spacial score (nSPS) is 13.4. The molecule has 2 atom stereocenters. The zero-order valence-corrected chi connectivity index (χ0v) is 12.6. The van der Waals surface area contributed by atoms with Crippen LogP contribution in [0.15, 0.2) is 30.3 Å². The Morgan fingerprint density at radius 3 is 2.20 bits per heavy atom. The number of hydrogen-bond donors (Lipinski definition) is 2. The van der Waals surface area contributed by atoms with Crippen molar-refractivity contribution in [3.05, 3.63) is 35.9 Å². The second-order valence-electron chi connectivity index (χ2n) is 4.55. The van der Waals surface area contributed by atoms with Gasteiger partial charge in [0.05, 0.1) is 20.3 Å². The Hall–Kier alpha value is -1.49. The lowest BCUT2D eigenvalue weighted by Gasteiger charge is -2.21. The standard InChI is InChI=1S/C15H19NO3.ClH/c1-9(16)14(17)12-8-13(18-2)10-6-4-5-7-11(10)15(12)19-3;/h4-9,14,17H,16H2,1-3H3;1H/t9-,14-;/m1./s1. The van der Waals surface area contributed by atoms with Gasteiger partial charge in [-0.2, -0.15) is 0 Å². The van der Waals surface area contributed by atoms with Crippen LogP contribution in [-0.4, -0.2) is 25.4 Å². The molecule has 0 fully saturated rings. The summed E-state index contributed by atoms with van der Waals surface area (Å²) in [5, 5.41) is 12.1. The summed E-state index contributed by atoms with van der Waals surface area (Å²) >= 11 is 0. The van der Waals surface area contributed by atoms with Crippen molar-refractivity contribution in [2.45, 2.75) is 19.1 Å². The minimum Gasteiger partial charge on any atom is -0.496 e. The quantitative estimate of drug-likeness (QED) is 0.910. The van der Waals surface area contributed by atoms with Crippen LogP contribution >= 0.6 is 12.4 Å². The van der Waals surface area contributed by atoms with Crippen molar-refractivity contribution in [2.75, 3.05) is 14.2 Å². The molecule has 0 amide bonds. The van der Waals surface area contributed by atoms with E-state index in [1.807, 2.05) is 24.3 Å². The van der Waals surface area contributed by atoms with Crippen molar-refractivity contribution in [1.29, 1.82) is 0 Å². The molecule has 3 N–H and O–H groups in total. The third-order valence-electron chi connectivity index (χ3n) is 3.23. The molecule has 0 spiro atoms. The Morgan fingerprint density at radius 1 is 1.10 bits per heavy atom. The van der Waals surface area contributed by atoms with E-state index < -0.39 is 6.10 Å². The number of aliphatic hydroxyl groups excluding tert-OH is 1. The number of ether oxygens (including phenoxy) is 2. The number of nitrogens with two attached hydrogens (primary N) is 1. The first-order valence-corrected chi connectivity index (χ1v) is 6.17. The Bertz CT molecular complexity index is 587. The number of aliphatic hydroxyl groups is 1. The van der Waals surface area contributed by atoms with Gasteiger partial charge >= 0.3 is 0 Å². The first-order valence-electron chi connectivity index (χ1n) is 6.17. The fourth-order valence-corrected chi connectivity index (χ4v) is 2.24. The van der Waals surface area contributed by atoms with Crippen LogP contribution in [0.3, 0.4) is 0 Å². The van der Waals surface area contributed by atoms with E-state index in [4.69, 9.17) is 15.2 Å². The van der Waals surface area contributed by atoms with Gasteiger partial charge in [-0.15, -0.1) is 12.4 Å². The smallest absolute Gasteiger partial charge is 0.132 e. The van der Waals surface area contributed by atoms with E-state index in [1.54, 1.807) is 27.2 Å². The molecule has 2 aromatic carbocycles. The predicted molar refractivity (Wildman–Crippen MR) is 82.9 cm³/mol. The molecule has 0 aliphatic heterocycles. The van der Waals surface area contributed by atoms with Crippen molar-refractivity contribution in [3.8, 4) is 11.5 Å². The van der Waals surface area contributed by atoms with E-state index in [9.17, 15) is 5.11 Å². The van der Waals surface area contributed by atoms with E-state index in [2.05, 4.69) is 0 Å². The number of methoxy groups -OCH3 is 2. The molecule has 2 rings (SSSR count). The largest absolute Gasteiger partial charge is 0.496 e. The molecule has 0 radical (unpaired) electrons. The molecule has 0 aliphatic rings. The maximum atomic E-state index is 10.2. The molecule has 0 saturated carbocycles. The van der Waals surface area contributed by atoms with Gasteiger partial charge in [-0.25, -0.2) is 0 Å². The number of fused-ring (bicyclic) bond motifs is 1. The topological polar surface area (TPSA) is 64.7 Å². The fourth-order valence-electron chi connectivity index (χ4n) is 2.24. The Kier molecular flexibility index (Phi) is 5.62. The van der Waals surface area contributed by atoms with Gasteiger partial charge in [0.2, 0.25) is 0 Å². The zero-order chi connectivity index (χ0) is 14.0. The molecule has 0 saturated heterocycles. The molecular weight excluding hydrogens is 278 g/mol. The molecule has 0 aliphatic carbocycles. The lowest BCUT2D eigenvalue weighted by molar-refractivity contribution is 0.149. The minimum atomic E-state index is -0.798. The van der Waals surface area contributed by atoms with Crippen LogP contribution in [0.5, 0.6) is 11.5 Å². The highest BCUT2D eigenvalue weighted by atomic mass is 35.5. The second kappa shape index (κ2) is 6.79. The van der Waals surface area contributed by atoms with Crippen LogP contribution in [0, 0.1) is 0 Å². The third-order valence-corrected chi connectivity index (χ3v) is 3.23. The molecule has 0 unspecified atom stereocenters. The zero-order valence-electron chi connectivity index (χ0n) is 11.8. The van der Waals surface area contributed by atoms with Gasteiger partial charge in [-0.3, -0.25) is 0 Å². The first kappa shape index (κ1) is 16.6. The van der Waals surface area contributed by atoms with Crippen molar-refractivity contribution in [2.24, 2.45) is 5.73 Å². The van der Waals surface area contributed by atoms with Gasteiger partial charge in [-0.1, -0.05) is 24.3 Å². The maximum Gasteiger partial charge on any atom is 0.132 e. The summed E-state index contributed by atoms with van der Waals surface area (Å²) in [5.41, 5.74) is 6.43. The molecule has 4 nitrogen and oxygen atoms in total. The van der Waals surface area contributed by atoms with Gasteiger partial charge in [-0.05, 0) is 13.0 Å². The average Bonchev–Trinajstić information content (AvgIpc) is 2.44. The number of rotatable bonds is 4. The molecule has 110 valence electrons. The Balaban J connectivity index is 0.00000200. The van der Waals surface area contributed by atoms with Crippen LogP contribution in [0.25, 0.3) is 10.8 Å². The summed E-state index contributed by atoms with van der Waals surface area (Å²) in [6, 6.07) is 9.15. The SMILES string of the molecule is COc1cc([C@H](O)[C@@H](C)N)c(OC)c2ccccc12.Cl. The van der Waals surface area contributed by atoms with Crippen LogP contribution in [0.4, 0.5) is 0 Å². The van der Waals surface area contributed by atoms with Crippen LogP contribution in [0.1, 0.15) is 18.6 Å². The van der Waals surface area contributed by atoms with Gasteiger partial charge < -0.3 is 20.3 Å². The van der Waals surface area contributed by atoms with Gasteiger partial charge in [0.25, 0.3) is 0 Å². The Labute approximate surface area is 124 Å². The summed E-state index contributed by atoms with van der Waals surface area (Å²) < 4.78 is 10.8. The van der Waals surface area contributed by atoms with Crippen molar-refractivity contribution >= 4 is 23.2 Å². The Morgan fingerprint density at radius 2 is 1.70 bits per heavy atom. The molecule has 0 aromatic heterocycles. The predicted octanol–water partition coefficient (Wildman–Crippen LogP) is 2.66. The van der Waals surface area contributed by atoms with Crippen molar-refractivity contribution in [3.63, 3.8) is 0 Å². The lowest BCUT2D eigenvalue weighted by atomic mass is 9.97. The molecule has 20 heavy (non-hydrogen) atoms. The summed E-state index contributed by atoms with van der Waals surface area (Å²) in [5.74, 6) is 1.34. The van der Waals surface area contributed by atoms with E-state index in [0.717, 1.165) is 10.8 Å². The van der Waals surface area contributed by atoms with Gasteiger partial charge in [0, 0.05) is 22.4 Å². The van der Waals surface area contributed by atoms with Crippen LogP contribution in [-0.2, 0) is 0 Å². The number of benzene rings is 2. The molecule has 2 aromatic rings. The van der Waals surface area contributed by atoms with Crippen LogP contribution < -0.4 is 15.2 Å². The summed E-state index contributed by atoms with van der Waals surface area (Å²) in [7, 11) is 3.20. The van der Waals surface area contributed by atoms with E-state index in [1.165, 1.54) is 0 Å². The highest BCUT2D eigenvalue weighted by Gasteiger charge is 2.21. The van der Waals surface area contributed by atoms with Crippen LogP contribution in [0.2, 0.25) is 0 Å². The van der Waals surface area contributed by atoms with Crippen molar-refractivity contribution < 1.29 is 14.6 Å². The van der Waals surface area contributed by atoms with E-state index >= 15 is 0 Å². The van der Waals surface area contributed by atoms with Gasteiger partial charge in [0.1, 0.15) is 11.5 Å². The second-order valence-corrected chi connectivity index (χ2v) is 4.55. The van der Waals surface area contributed by atoms with E-state index in [0.29, 0.717) is 17.1 Å². The summed E-state index contributed by atoms with van der Waals surface area (Å²) in [6.45, 7) is 1.76. The summed E-state index contributed by atoms with van der Waals surface area (Å²) in [4.78, 5) is 0. The molecule has 0 heterocycles. The first-order chi connectivity index (χ1) is 9.10. The van der Waals surface area contributed by atoms with E-state index in [-0.39, 0.29) is 18.4 Å². The van der Waals surface area contributed by atoms with Gasteiger partial charge in [0.15, 0.2) is 0 Å². The highest BCUT2D eigenvalue weighted by Crippen LogP contribution is 2.39. The highest BCUT2D eigenvalue weighted by molar-refractivity contribution is 5.94. The molecule has 0 bridgehead atoms. The molecular formula is C15H20ClNO3. The van der Waals surface area contributed by atoms with Crippen molar-refractivity contribution in [1.82, 2.24) is 0 Å². The minimum absolute atomic E-state index is 0. The average molecular weight is 298 g/mol.